The van der Waals surface area contributed by atoms with E-state index < -0.39 is 0 Å². The number of nitrogens with one attached hydrogen (secondary N) is 1. The molecule has 0 radical (unpaired) electrons. The van der Waals surface area contributed by atoms with Crippen LogP contribution in [-0.2, 0) is 11.3 Å². The van der Waals surface area contributed by atoms with E-state index in [1.165, 1.54) is 5.69 Å². The molecule has 0 saturated heterocycles. The fraction of sp³-hybridized carbons (Fsp3) is 0.750. The second kappa shape index (κ2) is 7.84. The van der Waals surface area contributed by atoms with Crippen molar-refractivity contribution in [3.8, 4) is 0 Å². The zero-order valence-electron chi connectivity index (χ0n) is 10.9. The molecule has 4 nitrogen and oxygen atoms in total. The van der Waals surface area contributed by atoms with Gasteiger partial charge in [-0.15, -0.1) is 0 Å². The summed E-state index contributed by atoms with van der Waals surface area (Å²) >= 11 is 3.57. The van der Waals surface area contributed by atoms with Gasteiger partial charge in [0.2, 0.25) is 0 Å². The molecule has 1 heterocycles. The molecule has 1 atom stereocenters. The highest BCUT2D eigenvalue weighted by Crippen LogP contribution is 2.24. The highest BCUT2D eigenvalue weighted by atomic mass is 79.9. The van der Waals surface area contributed by atoms with E-state index in [1.807, 2.05) is 6.20 Å². The van der Waals surface area contributed by atoms with Gasteiger partial charge in [-0.05, 0) is 35.3 Å². The SMILES string of the molecule is CCCNC(COC)c1c(Br)cnn1CCC. The van der Waals surface area contributed by atoms with E-state index in [9.17, 15) is 0 Å². The van der Waals surface area contributed by atoms with Crippen LogP contribution < -0.4 is 5.32 Å². The minimum absolute atomic E-state index is 0.198. The van der Waals surface area contributed by atoms with E-state index in [4.69, 9.17) is 4.74 Å². The Bertz CT molecular complexity index is 328. The minimum atomic E-state index is 0.198. The van der Waals surface area contributed by atoms with Gasteiger partial charge >= 0.3 is 0 Å². The smallest absolute Gasteiger partial charge is 0.0741 e. The number of aromatic nitrogens is 2. The largest absolute Gasteiger partial charge is 0.383 e. The number of ether oxygens (including phenoxy) is 1. The molecule has 0 saturated carbocycles. The summed E-state index contributed by atoms with van der Waals surface area (Å²) in [6.07, 6.45) is 4.05. The van der Waals surface area contributed by atoms with Gasteiger partial charge in [-0.1, -0.05) is 13.8 Å². The van der Waals surface area contributed by atoms with Crippen LogP contribution in [0, 0.1) is 0 Å². The lowest BCUT2D eigenvalue weighted by atomic mass is 10.2. The van der Waals surface area contributed by atoms with Crippen LogP contribution in [-0.4, -0.2) is 30.0 Å². The van der Waals surface area contributed by atoms with Crippen molar-refractivity contribution in [3.05, 3.63) is 16.4 Å². The van der Waals surface area contributed by atoms with Gasteiger partial charge in [-0.25, -0.2) is 0 Å². The summed E-state index contributed by atoms with van der Waals surface area (Å²) < 4.78 is 8.39. The van der Waals surface area contributed by atoms with E-state index in [-0.39, 0.29) is 6.04 Å². The zero-order valence-corrected chi connectivity index (χ0v) is 12.5. The molecule has 1 aromatic rings. The zero-order chi connectivity index (χ0) is 12.7. The summed E-state index contributed by atoms with van der Waals surface area (Å²) in [6.45, 7) is 6.90. The van der Waals surface area contributed by atoms with E-state index in [0.717, 1.165) is 30.4 Å². The molecule has 0 aliphatic carbocycles. The van der Waals surface area contributed by atoms with E-state index in [0.29, 0.717) is 6.61 Å². The average Bonchev–Trinajstić information content (AvgIpc) is 2.67. The van der Waals surface area contributed by atoms with Crippen molar-refractivity contribution in [2.24, 2.45) is 0 Å². The average molecular weight is 304 g/mol. The topological polar surface area (TPSA) is 39.1 Å². The highest BCUT2D eigenvalue weighted by molar-refractivity contribution is 9.10. The molecule has 1 N–H and O–H groups in total. The van der Waals surface area contributed by atoms with Gasteiger partial charge in [0.1, 0.15) is 0 Å². The number of hydrogen-bond donors (Lipinski definition) is 1. The molecule has 0 amide bonds. The Morgan fingerprint density at radius 3 is 2.82 bits per heavy atom. The van der Waals surface area contributed by atoms with Gasteiger partial charge in [0.15, 0.2) is 0 Å². The van der Waals surface area contributed by atoms with Crippen LogP contribution in [0.2, 0.25) is 0 Å². The van der Waals surface area contributed by atoms with Crippen molar-refractivity contribution in [1.29, 1.82) is 0 Å². The summed E-state index contributed by atoms with van der Waals surface area (Å²) in [4.78, 5) is 0. The first-order valence-electron chi connectivity index (χ1n) is 6.18. The van der Waals surface area contributed by atoms with E-state index in [2.05, 4.69) is 44.9 Å². The molecule has 1 unspecified atom stereocenters. The molecule has 0 aliphatic rings. The molecule has 17 heavy (non-hydrogen) atoms. The number of methoxy groups -OCH3 is 1. The summed E-state index contributed by atoms with van der Waals surface area (Å²) in [5, 5.41) is 7.89. The summed E-state index contributed by atoms with van der Waals surface area (Å²) in [5.74, 6) is 0. The van der Waals surface area contributed by atoms with E-state index >= 15 is 0 Å². The Kier molecular flexibility index (Phi) is 6.77. The Hall–Kier alpha value is -0.390. The molecule has 5 heteroatoms. The first-order chi connectivity index (χ1) is 8.24. The van der Waals surface area contributed by atoms with Crippen molar-refractivity contribution in [2.75, 3.05) is 20.3 Å². The molecular formula is C12H22BrN3O. The van der Waals surface area contributed by atoms with Crippen LogP contribution in [0.15, 0.2) is 10.7 Å². The predicted octanol–water partition coefficient (Wildman–Crippen LogP) is 2.74. The highest BCUT2D eigenvalue weighted by Gasteiger charge is 2.19. The molecular weight excluding hydrogens is 282 g/mol. The standard InChI is InChI=1S/C12H22BrN3O/c1-4-6-14-11(9-17-3)12-10(13)8-15-16(12)7-5-2/h8,11,14H,4-7,9H2,1-3H3. The molecule has 0 spiro atoms. The van der Waals surface area contributed by atoms with Crippen LogP contribution >= 0.6 is 15.9 Å². The van der Waals surface area contributed by atoms with Crippen LogP contribution in [0.3, 0.4) is 0 Å². The summed E-state index contributed by atoms with van der Waals surface area (Å²) in [6, 6.07) is 0.198. The Balaban J connectivity index is 2.86. The first kappa shape index (κ1) is 14.7. The van der Waals surface area contributed by atoms with Gasteiger partial charge in [-0.2, -0.15) is 5.10 Å². The fourth-order valence-corrected chi connectivity index (χ4v) is 2.40. The Morgan fingerprint density at radius 1 is 1.47 bits per heavy atom. The monoisotopic (exact) mass is 303 g/mol. The van der Waals surface area contributed by atoms with Gasteiger partial charge in [0.05, 0.1) is 29.0 Å². The maximum atomic E-state index is 5.29. The maximum Gasteiger partial charge on any atom is 0.0741 e. The lowest BCUT2D eigenvalue weighted by Gasteiger charge is -2.19. The number of hydrogen-bond acceptors (Lipinski definition) is 3. The van der Waals surface area contributed by atoms with Crippen LogP contribution in [0.1, 0.15) is 38.4 Å². The fourth-order valence-electron chi connectivity index (χ4n) is 1.83. The maximum absolute atomic E-state index is 5.29. The summed E-state index contributed by atoms with van der Waals surface area (Å²) in [7, 11) is 1.73. The predicted molar refractivity (Wildman–Crippen MR) is 73.1 cm³/mol. The normalized spacial score (nSPS) is 12.9. The number of aryl methyl sites for hydroxylation is 1. The Morgan fingerprint density at radius 2 is 2.24 bits per heavy atom. The molecule has 98 valence electrons. The molecule has 0 fully saturated rings. The van der Waals surface area contributed by atoms with E-state index in [1.54, 1.807) is 7.11 Å². The second-order valence-corrected chi connectivity index (χ2v) is 4.92. The van der Waals surface area contributed by atoms with Crippen LogP contribution in [0.4, 0.5) is 0 Å². The van der Waals surface area contributed by atoms with Crippen molar-refractivity contribution >= 4 is 15.9 Å². The first-order valence-corrected chi connectivity index (χ1v) is 6.97. The third-order valence-corrected chi connectivity index (χ3v) is 3.18. The van der Waals surface area contributed by atoms with Gasteiger partial charge in [0, 0.05) is 13.7 Å². The van der Waals surface area contributed by atoms with Gasteiger partial charge in [0.25, 0.3) is 0 Å². The summed E-state index contributed by atoms with van der Waals surface area (Å²) in [5.41, 5.74) is 1.18. The molecule has 0 bridgehead atoms. The van der Waals surface area contributed by atoms with Crippen molar-refractivity contribution < 1.29 is 4.74 Å². The minimum Gasteiger partial charge on any atom is -0.383 e. The molecule has 0 aliphatic heterocycles. The van der Waals surface area contributed by atoms with Crippen molar-refractivity contribution in [1.82, 2.24) is 15.1 Å². The van der Waals surface area contributed by atoms with Crippen LogP contribution in [0.5, 0.6) is 0 Å². The number of halogens is 1. The van der Waals surface area contributed by atoms with Crippen molar-refractivity contribution in [3.63, 3.8) is 0 Å². The van der Waals surface area contributed by atoms with Gasteiger partial charge < -0.3 is 10.1 Å². The second-order valence-electron chi connectivity index (χ2n) is 4.06. The number of rotatable bonds is 8. The lowest BCUT2D eigenvalue weighted by molar-refractivity contribution is 0.163. The molecule has 1 rings (SSSR count). The van der Waals surface area contributed by atoms with Gasteiger partial charge in [-0.3, -0.25) is 4.68 Å². The molecule has 0 aromatic carbocycles. The quantitative estimate of drug-likeness (QED) is 0.802. The van der Waals surface area contributed by atoms with Crippen molar-refractivity contribution in [2.45, 2.75) is 39.3 Å². The third kappa shape index (κ3) is 4.08. The third-order valence-electron chi connectivity index (χ3n) is 2.57. The molecule has 1 aromatic heterocycles. The lowest BCUT2D eigenvalue weighted by Crippen LogP contribution is -2.28. The van der Waals surface area contributed by atoms with Crippen LogP contribution in [0.25, 0.3) is 0 Å². The Labute approximate surface area is 112 Å². The number of nitrogens with zero attached hydrogens (tertiary/aromatic N) is 2.